The number of carbonyl (C=O) groups is 1. The Bertz CT molecular complexity index is 1070. The maximum Gasteiger partial charge on any atom is 0.283 e. The van der Waals surface area contributed by atoms with E-state index in [1.807, 2.05) is 19.9 Å². The molecule has 6 heteroatoms. The van der Waals surface area contributed by atoms with Crippen molar-refractivity contribution in [1.29, 1.82) is 0 Å². The zero-order chi connectivity index (χ0) is 18.4. The van der Waals surface area contributed by atoms with Gasteiger partial charge in [-0.1, -0.05) is 41.9 Å². The molecule has 2 aromatic rings. The second-order valence-electron chi connectivity index (χ2n) is 6.02. The van der Waals surface area contributed by atoms with Gasteiger partial charge in [0.15, 0.2) is 0 Å². The Hall–Kier alpha value is -2.24. The van der Waals surface area contributed by atoms with Gasteiger partial charge < -0.3 is 0 Å². The lowest BCUT2D eigenvalue weighted by Gasteiger charge is -2.14. The summed E-state index contributed by atoms with van der Waals surface area (Å²) in [5.41, 5.74) is 3.49. The summed E-state index contributed by atoms with van der Waals surface area (Å²) >= 11 is 5.98. The fraction of sp³-hybridized carbons (Fsp3) is 0.158. The summed E-state index contributed by atoms with van der Waals surface area (Å²) < 4.78 is 29.6. The van der Waals surface area contributed by atoms with E-state index in [0.717, 1.165) is 11.1 Å². The van der Waals surface area contributed by atoms with Crippen LogP contribution in [0.4, 0.5) is 0 Å². The SMILES string of the molecule is Cc1cc(C)c(S(=O)(=O)N=C2C=C(Cl)C(=O)c3ccccc32)cc1C. The number of rotatable bonds is 2. The summed E-state index contributed by atoms with van der Waals surface area (Å²) in [4.78, 5) is 12.3. The molecule has 0 unspecified atom stereocenters. The third kappa shape index (κ3) is 3.17. The minimum absolute atomic E-state index is 0.0514. The molecule has 1 aliphatic rings. The van der Waals surface area contributed by atoms with Crippen molar-refractivity contribution in [2.24, 2.45) is 4.40 Å². The number of allylic oxidation sites excluding steroid dienone is 2. The molecule has 0 radical (unpaired) electrons. The van der Waals surface area contributed by atoms with Crippen LogP contribution < -0.4 is 0 Å². The molecule has 0 fully saturated rings. The highest BCUT2D eigenvalue weighted by Crippen LogP contribution is 2.27. The van der Waals surface area contributed by atoms with Crippen LogP contribution in [-0.4, -0.2) is 19.9 Å². The Morgan fingerprint density at radius 1 is 0.920 bits per heavy atom. The van der Waals surface area contributed by atoms with E-state index in [1.54, 1.807) is 37.3 Å². The number of ketones is 1. The standard InChI is InChI=1S/C19H16ClNO3S/c1-11-8-13(3)18(9-12(11)2)25(23,24)21-17-10-16(20)19(22)15-7-5-4-6-14(15)17/h4-10H,1-3H3. The van der Waals surface area contributed by atoms with Crippen LogP contribution in [0.25, 0.3) is 0 Å². The Balaban J connectivity index is 2.20. The minimum Gasteiger partial charge on any atom is -0.288 e. The molecule has 0 saturated heterocycles. The number of hydrogen-bond acceptors (Lipinski definition) is 3. The highest BCUT2D eigenvalue weighted by molar-refractivity contribution is 7.90. The van der Waals surface area contributed by atoms with Gasteiger partial charge in [-0.2, -0.15) is 12.8 Å². The Morgan fingerprint density at radius 2 is 1.52 bits per heavy atom. The number of sulfonamides is 1. The largest absolute Gasteiger partial charge is 0.288 e. The van der Waals surface area contributed by atoms with Gasteiger partial charge in [-0.05, 0) is 49.6 Å². The molecule has 0 heterocycles. The number of fused-ring (bicyclic) bond motifs is 1. The number of aryl methyl sites for hydroxylation is 3. The van der Waals surface area contributed by atoms with Gasteiger partial charge in [0.1, 0.15) is 0 Å². The van der Waals surface area contributed by atoms with Crippen LogP contribution >= 0.6 is 11.6 Å². The van der Waals surface area contributed by atoms with Crippen LogP contribution in [0.15, 0.2) is 56.8 Å². The van der Waals surface area contributed by atoms with Gasteiger partial charge in [0.25, 0.3) is 10.0 Å². The fourth-order valence-corrected chi connectivity index (χ4v) is 4.27. The lowest BCUT2D eigenvalue weighted by molar-refractivity contribution is 0.104. The zero-order valence-electron chi connectivity index (χ0n) is 14.0. The van der Waals surface area contributed by atoms with Gasteiger partial charge in [-0.25, -0.2) is 0 Å². The van der Waals surface area contributed by atoms with Crippen molar-refractivity contribution >= 4 is 33.1 Å². The molecule has 4 nitrogen and oxygen atoms in total. The first-order valence-electron chi connectivity index (χ1n) is 7.65. The Kier molecular flexibility index (Phi) is 4.39. The topological polar surface area (TPSA) is 63.6 Å². The van der Waals surface area contributed by atoms with Crippen LogP contribution in [0.5, 0.6) is 0 Å². The molecule has 0 aromatic heterocycles. The summed E-state index contributed by atoms with van der Waals surface area (Å²) in [7, 11) is -3.94. The smallest absolute Gasteiger partial charge is 0.283 e. The molecule has 25 heavy (non-hydrogen) atoms. The quantitative estimate of drug-likeness (QED) is 0.795. The lowest BCUT2D eigenvalue weighted by atomic mass is 9.94. The molecule has 128 valence electrons. The molecular weight excluding hydrogens is 358 g/mol. The van der Waals surface area contributed by atoms with Crippen molar-refractivity contribution in [2.45, 2.75) is 25.7 Å². The van der Waals surface area contributed by atoms with E-state index in [0.29, 0.717) is 16.7 Å². The molecule has 0 atom stereocenters. The minimum atomic E-state index is -3.94. The average molecular weight is 374 g/mol. The van der Waals surface area contributed by atoms with Gasteiger partial charge in [0, 0.05) is 11.1 Å². The highest BCUT2D eigenvalue weighted by Gasteiger charge is 2.25. The van der Waals surface area contributed by atoms with Crippen LogP contribution in [0, 0.1) is 20.8 Å². The van der Waals surface area contributed by atoms with Crippen LogP contribution in [0.3, 0.4) is 0 Å². The van der Waals surface area contributed by atoms with Gasteiger partial charge in [-0.15, -0.1) is 0 Å². The summed E-state index contributed by atoms with van der Waals surface area (Å²) in [6.07, 6.45) is 1.31. The second kappa shape index (κ2) is 6.24. The van der Waals surface area contributed by atoms with Gasteiger partial charge in [-0.3, -0.25) is 4.79 Å². The first-order valence-corrected chi connectivity index (χ1v) is 9.46. The number of Topliss-reactive ketones (excluding diaryl/α,β-unsaturated/α-hetero) is 1. The number of benzene rings is 2. The molecule has 0 bridgehead atoms. The van der Waals surface area contributed by atoms with E-state index in [-0.39, 0.29) is 21.4 Å². The molecule has 0 saturated carbocycles. The molecule has 0 N–H and O–H groups in total. The normalized spacial score (nSPS) is 15.9. The third-order valence-corrected chi connectivity index (χ3v) is 5.93. The fourth-order valence-electron chi connectivity index (χ4n) is 2.76. The van der Waals surface area contributed by atoms with Crippen LogP contribution in [-0.2, 0) is 10.0 Å². The van der Waals surface area contributed by atoms with Crippen molar-refractivity contribution < 1.29 is 13.2 Å². The summed E-state index contributed by atoms with van der Waals surface area (Å²) in [6.45, 7) is 5.52. The van der Waals surface area contributed by atoms with Crippen molar-refractivity contribution in [3.8, 4) is 0 Å². The van der Waals surface area contributed by atoms with E-state index in [1.165, 1.54) is 6.08 Å². The van der Waals surface area contributed by atoms with Crippen molar-refractivity contribution in [2.75, 3.05) is 0 Å². The first kappa shape index (κ1) is 17.6. The van der Waals surface area contributed by atoms with E-state index < -0.39 is 10.0 Å². The van der Waals surface area contributed by atoms with Gasteiger partial charge >= 0.3 is 0 Å². The molecule has 0 spiro atoms. The number of halogens is 1. The maximum atomic E-state index is 12.8. The molecule has 0 aliphatic heterocycles. The van der Waals surface area contributed by atoms with Crippen molar-refractivity contribution in [3.63, 3.8) is 0 Å². The van der Waals surface area contributed by atoms with Crippen molar-refractivity contribution in [3.05, 3.63) is 75.3 Å². The second-order valence-corrected chi connectivity index (χ2v) is 8.00. The van der Waals surface area contributed by atoms with Crippen LogP contribution in [0.1, 0.15) is 32.6 Å². The van der Waals surface area contributed by atoms with E-state index in [4.69, 9.17) is 11.6 Å². The number of hydrogen-bond donors (Lipinski definition) is 0. The molecule has 3 rings (SSSR count). The Labute approximate surface area is 151 Å². The highest BCUT2D eigenvalue weighted by atomic mass is 35.5. The monoisotopic (exact) mass is 373 g/mol. The summed E-state index contributed by atoms with van der Waals surface area (Å²) in [5, 5.41) is -0.0514. The Morgan fingerprint density at radius 3 is 2.20 bits per heavy atom. The summed E-state index contributed by atoms with van der Waals surface area (Å²) in [6, 6.07) is 10.1. The zero-order valence-corrected chi connectivity index (χ0v) is 15.6. The molecular formula is C19H16ClNO3S. The number of nitrogens with zero attached hydrogens (tertiary/aromatic N) is 1. The van der Waals surface area contributed by atoms with E-state index in [2.05, 4.69) is 4.40 Å². The lowest BCUT2D eigenvalue weighted by Crippen LogP contribution is -2.16. The summed E-state index contributed by atoms with van der Waals surface area (Å²) in [5.74, 6) is -0.337. The molecule has 2 aromatic carbocycles. The third-order valence-electron chi connectivity index (χ3n) is 4.22. The van der Waals surface area contributed by atoms with Crippen molar-refractivity contribution in [1.82, 2.24) is 0 Å². The first-order chi connectivity index (χ1) is 11.7. The van der Waals surface area contributed by atoms with E-state index >= 15 is 0 Å². The molecule has 1 aliphatic carbocycles. The van der Waals surface area contributed by atoms with Gasteiger partial charge in [0.2, 0.25) is 5.78 Å². The van der Waals surface area contributed by atoms with Gasteiger partial charge in [0.05, 0.1) is 15.6 Å². The number of carbonyl (C=O) groups excluding carboxylic acids is 1. The maximum absolute atomic E-state index is 12.8. The predicted octanol–water partition coefficient (Wildman–Crippen LogP) is 4.11. The van der Waals surface area contributed by atoms with Crippen LogP contribution in [0.2, 0.25) is 0 Å². The average Bonchev–Trinajstić information content (AvgIpc) is 2.55. The van der Waals surface area contributed by atoms with E-state index in [9.17, 15) is 13.2 Å². The predicted molar refractivity (Wildman–Crippen MR) is 99.1 cm³/mol. The molecule has 0 amide bonds.